The molecule has 0 radical (unpaired) electrons. The maximum Gasteiger partial charge on any atom is 0.323 e. The Kier molecular flexibility index (Phi) is 6.44. The van der Waals surface area contributed by atoms with E-state index in [4.69, 9.17) is 9.73 Å². The lowest BCUT2D eigenvalue weighted by molar-refractivity contribution is -0.146. The van der Waals surface area contributed by atoms with Crippen molar-refractivity contribution in [3.05, 3.63) is 11.3 Å². The van der Waals surface area contributed by atoms with Crippen molar-refractivity contribution in [1.29, 1.82) is 0 Å². The Labute approximate surface area is 183 Å². The van der Waals surface area contributed by atoms with Crippen molar-refractivity contribution in [1.82, 2.24) is 9.80 Å². The molecule has 0 spiro atoms. The number of ether oxygens (including phenoxy) is 1. The lowest BCUT2D eigenvalue weighted by Crippen LogP contribution is -2.44. The zero-order valence-corrected chi connectivity index (χ0v) is 20.7. The van der Waals surface area contributed by atoms with E-state index < -0.39 is 0 Å². The number of esters is 1. The van der Waals surface area contributed by atoms with Crippen LogP contribution >= 0.6 is 0 Å². The Morgan fingerprint density at radius 2 is 1.87 bits per heavy atom. The highest BCUT2D eigenvalue weighted by molar-refractivity contribution is 5.88. The molecule has 3 aliphatic rings. The van der Waals surface area contributed by atoms with Crippen molar-refractivity contribution in [3.8, 4) is 0 Å². The number of rotatable bonds is 4. The molecule has 2 saturated heterocycles. The number of hydrogen-bond acceptors (Lipinski definition) is 5. The average Bonchev–Trinajstić information content (AvgIpc) is 3.24. The SMILES string of the molecule is COC(=O)C1CCCN1CC1CC2=C(C(C)(C)C)C(C(C)(C)C)N=C(C(C)C)N2C1. The standard InChI is InChI=1S/C25H43N3O2/c1-16(2)22-26-21(25(6,7)8)20(24(3,4)5)19-13-17(15-28(19)22)14-27-12-10-11-18(27)23(29)30-9/h16-18,21H,10-15H2,1-9H3. The lowest BCUT2D eigenvalue weighted by atomic mass is 9.71. The Balaban J connectivity index is 1.93. The molecule has 0 amide bonds. The van der Waals surface area contributed by atoms with Crippen LogP contribution in [0.15, 0.2) is 16.3 Å². The molecule has 30 heavy (non-hydrogen) atoms. The van der Waals surface area contributed by atoms with Crippen LogP contribution < -0.4 is 0 Å². The molecule has 3 aliphatic heterocycles. The van der Waals surface area contributed by atoms with Gasteiger partial charge in [-0.25, -0.2) is 0 Å². The third-order valence-electron chi connectivity index (χ3n) is 6.85. The molecule has 0 N–H and O–H groups in total. The van der Waals surface area contributed by atoms with E-state index in [-0.39, 0.29) is 28.9 Å². The summed E-state index contributed by atoms with van der Waals surface area (Å²) in [5, 5.41) is 0. The Bertz CT molecular complexity index is 724. The Morgan fingerprint density at radius 3 is 2.40 bits per heavy atom. The number of aliphatic imine (C=N–C) groups is 1. The van der Waals surface area contributed by atoms with E-state index in [1.165, 1.54) is 24.2 Å². The minimum Gasteiger partial charge on any atom is -0.468 e. The second-order valence-corrected chi connectivity index (χ2v) is 11.9. The van der Waals surface area contributed by atoms with Crippen molar-refractivity contribution >= 4 is 11.8 Å². The van der Waals surface area contributed by atoms with Crippen LogP contribution in [0.4, 0.5) is 0 Å². The lowest BCUT2D eigenvalue weighted by Gasteiger charge is -2.44. The maximum absolute atomic E-state index is 12.2. The number of methoxy groups -OCH3 is 1. The predicted octanol–water partition coefficient (Wildman–Crippen LogP) is 4.73. The van der Waals surface area contributed by atoms with E-state index in [0.717, 1.165) is 38.9 Å². The van der Waals surface area contributed by atoms with Gasteiger partial charge < -0.3 is 9.64 Å². The molecule has 0 aliphatic carbocycles. The molecular weight excluding hydrogens is 374 g/mol. The smallest absolute Gasteiger partial charge is 0.323 e. The van der Waals surface area contributed by atoms with Crippen molar-refractivity contribution in [2.24, 2.45) is 27.7 Å². The monoisotopic (exact) mass is 417 g/mol. The summed E-state index contributed by atoms with van der Waals surface area (Å²) >= 11 is 0. The number of amidine groups is 1. The summed E-state index contributed by atoms with van der Waals surface area (Å²) in [5.74, 6) is 2.09. The molecular formula is C25H43N3O2. The van der Waals surface area contributed by atoms with Crippen LogP contribution in [0.5, 0.6) is 0 Å². The van der Waals surface area contributed by atoms with Crippen LogP contribution in [0.2, 0.25) is 0 Å². The molecule has 0 aromatic carbocycles. The fourth-order valence-electron chi connectivity index (χ4n) is 5.56. The molecule has 0 aromatic heterocycles. The molecule has 3 rings (SSSR count). The first-order valence-corrected chi connectivity index (χ1v) is 11.7. The van der Waals surface area contributed by atoms with Crippen molar-refractivity contribution in [2.75, 3.05) is 26.7 Å². The second-order valence-electron chi connectivity index (χ2n) is 11.9. The summed E-state index contributed by atoms with van der Waals surface area (Å²) in [5.41, 5.74) is 3.17. The number of fused-ring (bicyclic) bond motifs is 1. The van der Waals surface area contributed by atoms with Gasteiger partial charge >= 0.3 is 5.97 Å². The predicted molar refractivity (Wildman–Crippen MR) is 123 cm³/mol. The number of allylic oxidation sites excluding steroid dienone is 1. The third kappa shape index (κ3) is 4.46. The van der Waals surface area contributed by atoms with Gasteiger partial charge in [0.2, 0.25) is 0 Å². The summed E-state index contributed by atoms with van der Waals surface area (Å²) in [6, 6.07) is 0.152. The second kappa shape index (κ2) is 8.29. The first-order valence-electron chi connectivity index (χ1n) is 11.7. The van der Waals surface area contributed by atoms with Gasteiger partial charge in [0.1, 0.15) is 11.9 Å². The minimum atomic E-state index is -0.0740. The highest BCUT2D eigenvalue weighted by atomic mass is 16.5. The molecule has 3 atom stereocenters. The molecule has 2 fully saturated rings. The van der Waals surface area contributed by atoms with Gasteiger partial charge in [-0.2, -0.15) is 0 Å². The van der Waals surface area contributed by atoms with Gasteiger partial charge in [0, 0.05) is 24.7 Å². The van der Waals surface area contributed by atoms with Crippen molar-refractivity contribution in [2.45, 2.75) is 86.7 Å². The first kappa shape index (κ1) is 23.3. The largest absolute Gasteiger partial charge is 0.468 e. The summed E-state index contributed by atoms with van der Waals surface area (Å²) < 4.78 is 5.07. The maximum atomic E-state index is 12.2. The zero-order chi connectivity index (χ0) is 22.4. The van der Waals surface area contributed by atoms with Gasteiger partial charge in [-0.3, -0.25) is 14.7 Å². The van der Waals surface area contributed by atoms with E-state index in [1.54, 1.807) is 0 Å². The highest BCUT2D eigenvalue weighted by Gasteiger charge is 2.45. The van der Waals surface area contributed by atoms with E-state index in [2.05, 4.69) is 65.2 Å². The Hall–Kier alpha value is -1.36. The van der Waals surface area contributed by atoms with Gasteiger partial charge in [0.05, 0.1) is 13.2 Å². The van der Waals surface area contributed by atoms with Crippen LogP contribution in [-0.2, 0) is 9.53 Å². The molecule has 170 valence electrons. The average molecular weight is 418 g/mol. The Morgan fingerprint density at radius 1 is 1.20 bits per heavy atom. The van der Waals surface area contributed by atoms with E-state index >= 15 is 0 Å². The molecule has 0 bridgehead atoms. The molecule has 0 saturated carbocycles. The van der Waals surface area contributed by atoms with Crippen LogP contribution in [0, 0.1) is 22.7 Å². The van der Waals surface area contributed by atoms with E-state index in [0.29, 0.717) is 11.8 Å². The minimum absolute atomic E-state index is 0.0655. The molecule has 0 aromatic rings. The quantitative estimate of drug-likeness (QED) is 0.621. The topological polar surface area (TPSA) is 45.1 Å². The van der Waals surface area contributed by atoms with Gasteiger partial charge in [-0.15, -0.1) is 0 Å². The van der Waals surface area contributed by atoms with Crippen LogP contribution in [0.3, 0.4) is 0 Å². The molecule has 5 nitrogen and oxygen atoms in total. The summed E-state index contributed by atoms with van der Waals surface area (Å²) in [4.78, 5) is 22.5. The highest BCUT2D eigenvalue weighted by Crippen LogP contribution is 2.47. The van der Waals surface area contributed by atoms with Gasteiger partial charge in [0.15, 0.2) is 0 Å². The van der Waals surface area contributed by atoms with Crippen LogP contribution in [0.25, 0.3) is 0 Å². The van der Waals surface area contributed by atoms with Gasteiger partial charge in [-0.1, -0.05) is 55.4 Å². The normalized spacial score (nSPS) is 28.3. The van der Waals surface area contributed by atoms with Crippen molar-refractivity contribution in [3.63, 3.8) is 0 Å². The van der Waals surface area contributed by atoms with Crippen molar-refractivity contribution < 1.29 is 9.53 Å². The van der Waals surface area contributed by atoms with Gasteiger partial charge in [-0.05, 0) is 48.1 Å². The van der Waals surface area contributed by atoms with Crippen LogP contribution in [0.1, 0.15) is 74.7 Å². The fourth-order valence-corrected chi connectivity index (χ4v) is 5.56. The number of carbonyl (C=O) groups is 1. The number of likely N-dealkylation sites (tertiary alicyclic amines) is 1. The molecule has 5 heteroatoms. The number of nitrogens with zero attached hydrogens (tertiary/aromatic N) is 3. The summed E-state index contributed by atoms with van der Waals surface area (Å²) in [6.45, 7) is 21.5. The molecule has 3 unspecified atom stereocenters. The fraction of sp³-hybridized carbons (Fsp3) is 0.840. The summed E-state index contributed by atoms with van der Waals surface area (Å²) in [6.07, 6.45) is 3.08. The zero-order valence-electron chi connectivity index (χ0n) is 20.7. The number of carbonyl (C=O) groups excluding carboxylic acids is 1. The number of hydrogen-bond donors (Lipinski definition) is 0. The van der Waals surface area contributed by atoms with Gasteiger partial charge in [0.25, 0.3) is 0 Å². The summed E-state index contributed by atoms with van der Waals surface area (Å²) in [7, 11) is 1.51. The van der Waals surface area contributed by atoms with E-state index in [9.17, 15) is 4.79 Å². The molecule has 3 heterocycles. The third-order valence-corrected chi connectivity index (χ3v) is 6.85. The first-order chi connectivity index (χ1) is 13.8. The van der Waals surface area contributed by atoms with Crippen LogP contribution in [-0.4, -0.2) is 60.4 Å². The van der Waals surface area contributed by atoms with E-state index in [1.807, 2.05) is 0 Å².